The van der Waals surface area contributed by atoms with Gasteiger partial charge in [-0.3, -0.25) is 5.10 Å². The van der Waals surface area contributed by atoms with E-state index in [9.17, 15) is 9.90 Å². The van der Waals surface area contributed by atoms with Crippen molar-refractivity contribution in [2.45, 2.75) is 32.8 Å². The molecule has 1 aromatic rings. The van der Waals surface area contributed by atoms with Gasteiger partial charge in [-0.05, 0) is 13.3 Å². The van der Waals surface area contributed by atoms with Crippen LogP contribution in [-0.4, -0.2) is 32.5 Å². The molecule has 0 amide bonds. The second-order valence-corrected chi connectivity index (χ2v) is 3.25. The summed E-state index contributed by atoms with van der Waals surface area (Å²) in [6.45, 7) is 3.59. The molecule has 0 fully saturated rings. The van der Waals surface area contributed by atoms with E-state index < -0.39 is 12.1 Å². The average molecular weight is 198 g/mol. The second-order valence-electron chi connectivity index (χ2n) is 3.25. The van der Waals surface area contributed by atoms with Gasteiger partial charge in [-0.1, -0.05) is 6.92 Å². The average Bonchev–Trinajstić information content (AvgIpc) is 2.48. The second kappa shape index (κ2) is 4.23. The third-order valence-electron chi connectivity index (χ3n) is 2.19. The molecule has 0 saturated carbocycles. The van der Waals surface area contributed by atoms with Crippen molar-refractivity contribution in [3.8, 4) is 0 Å². The minimum absolute atomic E-state index is 0.00926. The molecule has 1 rings (SSSR count). The van der Waals surface area contributed by atoms with Crippen LogP contribution in [0, 0.1) is 6.92 Å². The molecule has 0 spiro atoms. The number of hydrogen-bond donors (Lipinski definition) is 3. The van der Waals surface area contributed by atoms with Crippen LogP contribution in [0.4, 0.5) is 0 Å². The quantitative estimate of drug-likeness (QED) is 0.665. The first-order valence-electron chi connectivity index (χ1n) is 4.51. The van der Waals surface area contributed by atoms with E-state index in [2.05, 4.69) is 10.2 Å². The van der Waals surface area contributed by atoms with Gasteiger partial charge in [0.05, 0.1) is 6.10 Å². The van der Waals surface area contributed by atoms with E-state index in [1.165, 1.54) is 0 Å². The molecule has 1 atom stereocenters. The zero-order valence-electron chi connectivity index (χ0n) is 8.24. The number of aliphatic hydroxyl groups is 1. The van der Waals surface area contributed by atoms with Gasteiger partial charge < -0.3 is 10.2 Å². The predicted octanol–water partition coefficient (Wildman–Crippen LogP) is 0.730. The van der Waals surface area contributed by atoms with Crippen LogP contribution in [0.3, 0.4) is 0 Å². The van der Waals surface area contributed by atoms with Crippen molar-refractivity contribution in [1.29, 1.82) is 0 Å². The van der Waals surface area contributed by atoms with Crippen LogP contribution in [0.5, 0.6) is 0 Å². The van der Waals surface area contributed by atoms with Crippen LogP contribution >= 0.6 is 0 Å². The van der Waals surface area contributed by atoms with E-state index >= 15 is 0 Å². The lowest BCUT2D eigenvalue weighted by molar-refractivity contribution is 0.0688. The summed E-state index contributed by atoms with van der Waals surface area (Å²) in [4.78, 5) is 10.7. The Labute approximate surface area is 81.8 Å². The highest BCUT2D eigenvalue weighted by molar-refractivity contribution is 5.87. The predicted molar refractivity (Wildman–Crippen MR) is 50.3 cm³/mol. The first-order chi connectivity index (χ1) is 6.56. The summed E-state index contributed by atoms with van der Waals surface area (Å²) in [6, 6.07) is 0. The van der Waals surface area contributed by atoms with Gasteiger partial charge >= 0.3 is 5.97 Å². The number of carboxylic acids is 1. The molecule has 14 heavy (non-hydrogen) atoms. The lowest BCUT2D eigenvalue weighted by Crippen LogP contribution is -2.12. The van der Waals surface area contributed by atoms with Crippen molar-refractivity contribution < 1.29 is 15.0 Å². The Kier molecular flexibility index (Phi) is 3.24. The zero-order chi connectivity index (χ0) is 10.7. The Morgan fingerprint density at radius 2 is 2.29 bits per heavy atom. The third kappa shape index (κ3) is 2.11. The first kappa shape index (κ1) is 10.7. The summed E-state index contributed by atoms with van der Waals surface area (Å²) < 4.78 is 0. The van der Waals surface area contributed by atoms with Crippen LogP contribution in [0.2, 0.25) is 0 Å². The molecule has 0 aliphatic heterocycles. The molecule has 0 aromatic carbocycles. The molecule has 0 aliphatic carbocycles. The van der Waals surface area contributed by atoms with E-state index in [-0.39, 0.29) is 5.69 Å². The number of aromatic nitrogens is 2. The number of aliphatic hydroxyl groups excluding tert-OH is 1. The number of nitrogens with one attached hydrogen (secondary N) is 1. The van der Waals surface area contributed by atoms with Gasteiger partial charge in [-0.25, -0.2) is 4.79 Å². The number of carboxylic acid groups (broad SMARTS) is 1. The molecule has 0 aliphatic rings. The van der Waals surface area contributed by atoms with Gasteiger partial charge in [0, 0.05) is 17.7 Å². The molecule has 78 valence electrons. The van der Waals surface area contributed by atoms with Gasteiger partial charge in [0.2, 0.25) is 0 Å². The van der Waals surface area contributed by atoms with Gasteiger partial charge in [-0.2, -0.15) is 5.10 Å². The number of rotatable bonds is 4. The van der Waals surface area contributed by atoms with Crippen molar-refractivity contribution >= 4 is 5.97 Å². The SMILES string of the molecule is CCC(O)Cc1c(C(=O)O)n[nH]c1C. The van der Waals surface area contributed by atoms with Crippen molar-refractivity contribution in [3.05, 3.63) is 17.0 Å². The fourth-order valence-electron chi connectivity index (χ4n) is 1.26. The Hall–Kier alpha value is -1.36. The van der Waals surface area contributed by atoms with Gasteiger partial charge in [0.1, 0.15) is 0 Å². The van der Waals surface area contributed by atoms with E-state index in [4.69, 9.17) is 5.11 Å². The van der Waals surface area contributed by atoms with Gasteiger partial charge in [0.15, 0.2) is 5.69 Å². The highest BCUT2D eigenvalue weighted by atomic mass is 16.4. The number of aromatic amines is 1. The molecule has 0 radical (unpaired) electrons. The van der Waals surface area contributed by atoms with Gasteiger partial charge in [-0.15, -0.1) is 0 Å². The normalized spacial score (nSPS) is 12.8. The molecule has 5 heteroatoms. The maximum Gasteiger partial charge on any atom is 0.356 e. The highest BCUT2D eigenvalue weighted by Gasteiger charge is 2.18. The van der Waals surface area contributed by atoms with Crippen molar-refractivity contribution in [3.63, 3.8) is 0 Å². The van der Waals surface area contributed by atoms with Crippen LogP contribution in [0.25, 0.3) is 0 Å². The topological polar surface area (TPSA) is 86.2 Å². The molecule has 5 nitrogen and oxygen atoms in total. The Morgan fingerprint density at radius 3 is 2.79 bits per heavy atom. The van der Waals surface area contributed by atoms with E-state index in [0.29, 0.717) is 24.1 Å². The van der Waals surface area contributed by atoms with E-state index in [0.717, 1.165) is 0 Å². The van der Waals surface area contributed by atoms with Crippen molar-refractivity contribution in [2.24, 2.45) is 0 Å². The monoisotopic (exact) mass is 198 g/mol. The third-order valence-corrected chi connectivity index (χ3v) is 2.19. The maximum atomic E-state index is 10.7. The molecule has 1 aromatic heterocycles. The summed E-state index contributed by atoms with van der Waals surface area (Å²) in [7, 11) is 0. The summed E-state index contributed by atoms with van der Waals surface area (Å²) in [5.41, 5.74) is 1.30. The summed E-state index contributed by atoms with van der Waals surface area (Å²) >= 11 is 0. The fourth-order valence-corrected chi connectivity index (χ4v) is 1.26. The molecule has 1 unspecified atom stereocenters. The Morgan fingerprint density at radius 1 is 1.64 bits per heavy atom. The van der Waals surface area contributed by atoms with Crippen molar-refractivity contribution in [1.82, 2.24) is 10.2 Å². The number of carbonyl (C=O) groups is 1. The van der Waals surface area contributed by atoms with E-state index in [1.54, 1.807) is 6.92 Å². The van der Waals surface area contributed by atoms with Crippen LogP contribution < -0.4 is 0 Å². The number of nitrogens with zero attached hydrogens (tertiary/aromatic N) is 1. The molecular weight excluding hydrogens is 184 g/mol. The van der Waals surface area contributed by atoms with Crippen molar-refractivity contribution in [2.75, 3.05) is 0 Å². The fraction of sp³-hybridized carbons (Fsp3) is 0.556. The maximum absolute atomic E-state index is 10.7. The van der Waals surface area contributed by atoms with Gasteiger partial charge in [0.25, 0.3) is 0 Å². The molecule has 0 bridgehead atoms. The molecule has 1 heterocycles. The van der Waals surface area contributed by atoms with Crippen LogP contribution in [0.15, 0.2) is 0 Å². The Balaban J connectivity index is 2.93. The summed E-state index contributed by atoms with van der Waals surface area (Å²) in [5.74, 6) is -1.06. The van der Waals surface area contributed by atoms with E-state index in [1.807, 2.05) is 6.92 Å². The largest absolute Gasteiger partial charge is 0.476 e. The minimum atomic E-state index is -1.06. The highest BCUT2D eigenvalue weighted by Crippen LogP contribution is 2.14. The summed E-state index contributed by atoms with van der Waals surface area (Å²) in [5, 5.41) is 24.5. The van der Waals surface area contributed by atoms with Crippen LogP contribution in [-0.2, 0) is 6.42 Å². The first-order valence-corrected chi connectivity index (χ1v) is 4.51. The molecular formula is C9H14N2O3. The zero-order valence-corrected chi connectivity index (χ0v) is 8.24. The lowest BCUT2D eigenvalue weighted by Gasteiger charge is -2.06. The standard InChI is InChI=1S/C9H14N2O3/c1-3-6(12)4-7-5(2)10-11-8(7)9(13)14/h6,12H,3-4H2,1-2H3,(H,10,11)(H,13,14). The number of hydrogen-bond acceptors (Lipinski definition) is 3. The smallest absolute Gasteiger partial charge is 0.356 e. The Bertz CT molecular complexity index is 333. The summed E-state index contributed by atoms with van der Waals surface area (Å²) in [6.07, 6.45) is 0.425. The molecule has 3 N–H and O–H groups in total. The lowest BCUT2D eigenvalue weighted by atomic mass is 10.0. The number of H-pyrrole nitrogens is 1. The molecule has 0 saturated heterocycles. The number of aromatic carboxylic acids is 1. The minimum Gasteiger partial charge on any atom is -0.476 e. The van der Waals surface area contributed by atoms with Crippen LogP contribution in [0.1, 0.15) is 35.1 Å². The number of aryl methyl sites for hydroxylation is 1.